The first kappa shape index (κ1) is 38.9. The van der Waals surface area contributed by atoms with Crippen molar-refractivity contribution in [2.24, 2.45) is 5.92 Å². The zero-order valence-electron chi connectivity index (χ0n) is 33.2. The number of methoxy groups -OCH3 is 2. The van der Waals surface area contributed by atoms with E-state index in [-0.39, 0.29) is 23.8 Å². The predicted molar refractivity (Wildman–Crippen MR) is 218 cm³/mol. The second-order valence-electron chi connectivity index (χ2n) is 15.5. The molecule has 3 aromatic carbocycles. The molecule has 5 aromatic rings. The van der Waals surface area contributed by atoms with Crippen molar-refractivity contribution in [2.75, 3.05) is 25.7 Å². The number of rotatable bonds is 9. The van der Waals surface area contributed by atoms with Crippen LogP contribution in [0.2, 0.25) is 0 Å². The molecule has 1 fully saturated rings. The number of nitriles is 1. The molecule has 15 nitrogen and oxygen atoms in total. The fourth-order valence-corrected chi connectivity index (χ4v) is 8.53. The van der Waals surface area contributed by atoms with Crippen LogP contribution in [0.15, 0.2) is 73.1 Å². The number of alkyl carbamates (subject to hydrolysis) is 2. The molecular weight excluding hydrogens is 751 g/mol. The van der Waals surface area contributed by atoms with Crippen LogP contribution in [0, 0.1) is 17.2 Å². The monoisotopic (exact) mass is 795 g/mol. The summed E-state index contributed by atoms with van der Waals surface area (Å²) in [6.45, 7) is 4.37. The lowest BCUT2D eigenvalue weighted by Crippen LogP contribution is -2.51. The minimum atomic E-state index is -0.788. The highest BCUT2D eigenvalue weighted by molar-refractivity contribution is 6.02. The van der Waals surface area contributed by atoms with Crippen LogP contribution >= 0.6 is 0 Å². The van der Waals surface area contributed by atoms with Crippen LogP contribution < -0.4 is 15.5 Å². The highest BCUT2D eigenvalue weighted by atomic mass is 16.5. The average Bonchev–Trinajstić information content (AvgIpc) is 4.09. The number of aryl methyl sites for hydroxylation is 1. The number of H-pyrrole nitrogens is 2. The Morgan fingerprint density at radius 2 is 1.41 bits per heavy atom. The molecule has 3 aliphatic heterocycles. The second-order valence-corrected chi connectivity index (χ2v) is 15.5. The summed E-state index contributed by atoms with van der Waals surface area (Å²) in [5.74, 6) is 0.803. The topological polar surface area (TPSA) is 198 Å². The van der Waals surface area contributed by atoms with Crippen molar-refractivity contribution in [1.29, 1.82) is 5.26 Å². The molecule has 0 bridgehead atoms. The Bertz CT molecular complexity index is 2450. The minimum Gasteiger partial charge on any atom is -0.453 e. The maximum Gasteiger partial charge on any atom is 0.407 e. The van der Waals surface area contributed by atoms with Gasteiger partial charge in [0.15, 0.2) is 0 Å². The van der Waals surface area contributed by atoms with E-state index in [1.165, 1.54) is 14.2 Å². The van der Waals surface area contributed by atoms with Crippen LogP contribution in [-0.2, 0) is 31.9 Å². The molecule has 0 radical (unpaired) electrons. The molecule has 5 heterocycles. The van der Waals surface area contributed by atoms with E-state index in [4.69, 9.17) is 14.5 Å². The third kappa shape index (κ3) is 7.49. The van der Waals surface area contributed by atoms with Crippen LogP contribution in [0.1, 0.15) is 73.5 Å². The SMILES string of the molecule is COC(=O)N[C@H]1CCc2cc(C#N)cc3c2N(C1=O)[C@H](c1ncc(-c2ccc(-c4ccc(-c5cnc([C@@H]6CCCN6C(=O)[C@@H](NC(=O)OC)C(C)C)[nH]5)cc4)cc2)[nH]1)C3. The number of aromatic nitrogens is 4. The van der Waals surface area contributed by atoms with E-state index in [9.17, 15) is 24.4 Å². The molecule has 0 saturated carbocycles. The molecule has 4 amide bonds. The lowest BCUT2D eigenvalue weighted by Gasteiger charge is -2.30. The van der Waals surface area contributed by atoms with Gasteiger partial charge >= 0.3 is 12.2 Å². The largest absolute Gasteiger partial charge is 0.453 e. The number of hydrogen-bond donors (Lipinski definition) is 4. The summed E-state index contributed by atoms with van der Waals surface area (Å²) >= 11 is 0. The normalized spacial score (nSPS) is 18.8. The van der Waals surface area contributed by atoms with E-state index < -0.39 is 30.3 Å². The van der Waals surface area contributed by atoms with Crippen LogP contribution in [0.4, 0.5) is 15.3 Å². The van der Waals surface area contributed by atoms with Gasteiger partial charge in [-0.1, -0.05) is 62.4 Å². The van der Waals surface area contributed by atoms with Gasteiger partial charge in [0.05, 0.1) is 67.4 Å². The van der Waals surface area contributed by atoms with Gasteiger partial charge in [-0.25, -0.2) is 19.6 Å². The summed E-state index contributed by atoms with van der Waals surface area (Å²) < 4.78 is 9.56. The van der Waals surface area contributed by atoms with Gasteiger partial charge in [-0.3, -0.25) is 14.5 Å². The molecule has 15 heteroatoms. The number of nitrogens with one attached hydrogen (secondary N) is 4. The number of benzene rings is 3. The zero-order valence-corrected chi connectivity index (χ0v) is 33.2. The molecule has 3 aliphatic rings. The maximum absolute atomic E-state index is 14.0. The molecule has 2 aromatic heterocycles. The summed E-state index contributed by atoms with van der Waals surface area (Å²) in [6, 6.07) is 20.1. The third-order valence-electron chi connectivity index (χ3n) is 11.6. The van der Waals surface area contributed by atoms with Crippen LogP contribution in [0.25, 0.3) is 33.6 Å². The smallest absolute Gasteiger partial charge is 0.407 e. The van der Waals surface area contributed by atoms with E-state index in [2.05, 4.69) is 43.8 Å². The first-order valence-electron chi connectivity index (χ1n) is 19.8. The van der Waals surface area contributed by atoms with Crippen molar-refractivity contribution in [3.63, 3.8) is 0 Å². The van der Waals surface area contributed by atoms with Gasteiger partial charge in [-0.2, -0.15) is 5.26 Å². The Morgan fingerprint density at radius 1 is 0.831 bits per heavy atom. The Kier molecular flexibility index (Phi) is 10.6. The van der Waals surface area contributed by atoms with E-state index in [0.29, 0.717) is 43.0 Å². The van der Waals surface area contributed by atoms with Crippen LogP contribution in [0.3, 0.4) is 0 Å². The molecule has 4 N–H and O–H groups in total. The number of carbonyl (C=O) groups excluding carboxylic acids is 4. The van der Waals surface area contributed by atoms with E-state index in [1.807, 2.05) is 62.4 Å². The molecule has 4 atom stereocenters. The number of nitrogens with zero attached hydrogens (tertiary/aromatic N) is 5. The van der Waals surface area contributed by atoms with Gasteiger partial charge in [0, 0.05) is 13.0 Å². The predicted octanol–water partition coefficient (Wildman–Crippen LogP) is 6.35. The quantitative estimate of drug-likeness (QED) is 0.131. The Labute approximate surface area is 341 Å². The minimum absolute atomic E-state index is 0.116. The van der Waals surface area contributed by atoms with Gasteiger partial charge in [0.25, 0.3) is 0 Å². The van der Waals surface area contributed by atoms with E-state index in [1.54, 1.807) is 22.2 Å². The van der Waals surface area contributed by atoms with Crippen molar-refractivity contribution < 1.29 is 28.7 Å². The van der Waals surface area contributed by atoms with Gasteiger partial charge in [0.1, 0.15) is 23.7 Å². The fourth-order valence-electron chi connectivity index (χ4n) is 8.53. The van der Waals surface area contributed by atoms with Gasteiger partial charge in [0.2, 0.25) is 11.8 Å². The van der Waals surface area contributed by atoms with Gasteiger partial charge in [-0.05, 0) is 77.1 Å². The van der Waals surface area contributed by atoms with Crippen LogP contribution in [-0.4, -0.2) is 81.7 Å². The first-order chi connectivity index (χ1) is 28.6. The standard InChI is InChI=1S/C44H45N9O6/c1-24(2)37(51-44(57)59-4)42(55)52-17-5-6-35(52)39-46-22-33(48-39)28-11-7-26(8-12-28)27-9-13-29(14-10-27)34-23-47-40(49-34)36-20-31-19-25(21-45)18-30-15-16-32(50-43(56)58-3)41(54)53(36)38(30)31/h7-14,18-19,22-24,32,35-37H,5-6,15-17,20H2,1-4H3,(H,46,48)(H,47,49)(H,50,56)(H,51,57)/t32-,35-,36-,37-/m0/s1. The average molecular weight is 796 g/mol. The summed E-state index contributed by atoms with van der Waals surface area (Å²) in [5.41, 5.74) is 8.67. The van der Waals surface area contributed by atoms with Gasteiger partial charge < -0.3 is 35.0 Å². The molecule has 0 spiro atoms. The molecule has 59 heavy (non-hydrogen) atoms. The highest BCUT2D eigenvalue weighted by Crippen LogP contribution is 2.45. The van der Waals surface area contributed by atoms with Crippen molar-refractivity contribution >= 4 is 29.7 Å². The van der Waals surface area contributed by atoms with Gasteiger partial charge in [-0.15, -0.1) is 0 Å². The number of ether oxygens (including phenoxy) is 2. The van der Waals surface area contributed by atoms with Crippen molar-refractivity contribution in [2.45, 2.75) is 70.1 Å². The number of imidazole rings is 2. The lowest BCUT2D eigenvalue weighted by molar-refractivity contribution is -0.135. The molecule has 0 unspecified atom stereocenters. The number of hydrogen-bond acceptors (Lipinski definition) is 9. The number of aromatic amines is 2. The zero-order chi connectivity index (χ0) is 41.4. The van der Waals surface area contributed by atoms with E-state index in [0.717, 1.165) is 63.3 Å². The summed E-state index contributed by atoms with van der Waals surface area (Å²) in [4.78, 5) is 71.5. The number of anilines is 1. The number of likely N-dealkylation sites (tertiary alicyclic amines) is 1. The summed E-state index contributed by atoms with van der Waals surface area (Å²) in [6.07, 6.45) is 5.22. The molecule has 302 valence electrons. The molecule has 8 rings (SSSR count). The lowest BCUT2D eigenvalue weighted by atomic mass is 9.98. The Morgan fingerprint density at radius 3 is 1.98 bits per heavy atom. The van der Waals surface area contributed by atoms with Crippen molar-refractivity contribution in [3.8, 4) is 39.7 Å². The van der Waals surface area contributed by atoms with E-state index >= 15 is 0 Å². The van der Waals surface area contributed by atoms with Crippen molar-refractivity contribution in [3.05, 3.63) is 101 Å². The first-order valence-corrected chi connectivity index (χ1v) is 19.8. The second kappa shape index (κ2) is 16.1. The maximum atomic E-state index is 14.0. The Balaban J connectivity index is 0.964. The molecule has 0 aliphatic carbocycles. The van der Waals surface area contributed by atoms with Crippen LogP contribution in [0.5, 0.6) is 0 Å². The molecular formula is C44H45N9O6. The highest BCUT2D eigenvalue weighted by Gasteiger charge is 2.43. The Hall–Kier alpha value is -6.95. The number of carbonyl (C=O) groups is 4. The third-order valence-corrected chi connectivity index (χ3v) is 11.6. The molecule has 1 saturated heterocycles. The summed E-state index contributed by atoms with van der Waals surface area (Å²) in [7, 11) is 2.55. The fraction of sp³-hybridized carbons (Fsp3) is 0.341. The van der Waals surface area contributed by atoms with Crippen molar-refractivity contribution in [1.82, 2.24) is 35.5 Å². The number of amides is 4. The summed E-state index contributed by atoms with van der Waals surface area (Å²) in [5, 5.41) is 15.1.